The van der Waals surface area contributed by atoms with Crippen LogP contribution in [0.1, 0.15) is 37.9 Å². The molecule has 0 radical (unpaired) electrons. The molecule has 1 aliphatic rings. The predicted octanol–water partition coefficient (Wildman–Crippen LogP) is 1.31. The number of ketones is 1. The van der Waals surface area contributed by atoms with Gasteiger partial charge in [-0.05, 0) is 39.0 Å². The number of aliphatic hydroxyl groups is 1. The molecule has 0 spiro atoms. The molecule has 5 heteroatoms. The van der Waals surface area contributed by atoms with Crippen LogP contribution < -0.4 is 10.1 Å². The number of nitrogens with zero attached hydrogens (tertiary/aromatic N) is 1. The Balaban J connectivity index is 2.42. The van der Waals surface area contributed by atoms with Gasteiger partial charge in [-0.1, -0.05) is 0 Å². The fraction of sp³-hybridized carbons (Fsp3) is 0.467. The smallest absolute Gasteiger partial charge is 0.143 e. The van der Waals surface area contributed by atoms with E-state index in [0.29, 0.717) is 16.9 Å². The average molecular weight is 274 g/mol. The van der Waals surface area contributed by atoms with Gasteiger partial charge in [-0.15, -0.1) is 0 Å². The van der Waals surface area contributed by atoms with Gasteiger partial charge in [-0.25, -0.2) is 0 Å². The lowest BCUT2D eigenvalue weighted by Gasteiger charge is -2.42. The summed E-state index contributed by atoms with van der Waals surface area (Å²) in [5.74, 6) is 0.611. The largest absolute Gasteiger partial charge is 0.485 e. The minimum atomic E-state index is -0.816. The molecule has 0 saturated carbocycles. The van der Waals surface area contributed by atoms with Crippen LogP contribution in [0.15, 0.2) is 18.2 Å². The lowest BCUT2D eigenvalue weighted by molar-refractivity contribution is -0.117. The number of rotatable bonds is 3. The highest BCUT2D eigenvalue weighted by Crippen LogP contribution is 2.40. The highest BCUT2D eigenvalue weighted by molar-refractivity contribution is 5.77. The summed E-state index contributed by atoms with van der Waals surface area (Å²) >= 11 is 0. The van der Waals surface area contributed by atoms with E-state index in [9.17, 15) is 9.90 Å². The number of nitrogens with one attached hydrogen (secondary N) is 1. The van der Waals surface area contributed by atoms with E-state index in [-0.39, 0.29) is 12.3 Å². The van der Waals surface area contributed by atoms with E-state index in [0.717, 1.165) is 0 Å². The van der Waals surface area contributed by atoms with E-state index in [1.165, 1.54) is 6.92 Å². The van der Waals surface area contributed by atoms with Crippen molar-refractivity contribution in [1.82, 2.24) is 5.32 Å². The van der Waals surface area contributed by atoms with Gasteiger partial charge in [0.1, 0.15) is 23.2 Å². The van der Waals surface area contributed by atoms with Gasteiger partial charge in [0.25, 0.3) is 0 Å². The third kappa shape index (κ3) is 2.67. The van der Waals surface area contributed by atoms with Crippen LogP contribution in [0.4, 0.5) is 0 Å². The number of hydrogen-bond donors (Lipinski definition) is 2. The van der Waals surface area contributed by atoms with Gasteiger partial charge in [0.05, 0.1) is 24.2 Å². The molecule has 0 fully saturated rings. The third-order valence-corrected chi connectivity index (χ3v) is 3.45. The van der Waals surface area contributed by atoms with Crippen molar-refractivity contribution in [1.29, 1.82) is 5.26 Å². The maximum absolute atomic E-state index is 11.2. The highest BCUT2D eigenvalue weighted by atomic mass is 16.5. The number of benzene rings is 1. The van der Waals surface area contributed by atoms with Gasteiger partial charge in [-0.3, -0.25) is 4.79 Å². The van der Waals surface area contributed by atoms with Gasteiger partial charge in [0.2, 0.25) is 0 Å². The van der Waals surface area contributed by atoms with Crippen LogP contribution in [0, 0.1) is 11.3 Å². The minimum absolute atomic E-state index is 0.0144. The molecule has 0 amide bonds. The molecule has 106 valence electrons. The van der Waals surface area contributed by atoms with Crippen LogP contribution in [-0.4, -0.2) is 29.1 Å². The molecular formula is C15H18N2O3. The topological polar surface area (TPSA) is 82.4 Å². The zero-order valence-corrected chi connectivity index (χ0v) is 11.8. The average Bonchev–Trinajstić information content (AvgIpc) is 2.38. The van der Waals surface area contributed by atoms with Gasteiger partial charge < -0.3 is 15.2 Å². The molecule has 1 aliphatic heterocycles. The maximum Gasteiger partial charge on any atom is 0.143 e. The Kier molecular flexibility index (Phi) is 3.80. The van der Waals surface area contributed by atoms with E-state index in [1.54, 1.807) is 32.0 Å². The fourth-order valence-electron chi connectivity index (χ4n) is 2.34. The number of carbonyl (C=O) groups is 1. The summed E-state index contributed by atoms with van der Waals surface area (Å²) in [5, 5.41) is 22.5. The molecule has 1 aromatic carbocycles. The standard InChI is InChI=1S/C15H18N2O3/c1-9(18)8-17-13-11-6-10(7-16)4-5-12(11)20-15(2,3)14(13)19/h4-6,13-14,17,19H,8H2,1-3H3. The van der Waals surface area contributed by atoms with Crippen LogP contribution >= 0.6 is 0 Å². The summed E-state index contributed by atoms with van der Waals surface area (Å²) in [6.07, 6.45) is -0.816. The Labute approximate surface area is 118 Å². The molecule has 5 nitrogen and oxygen atoms in total. The second-order valence-corrected chi connectivity index (χ2v) is 5.58. The second-order valence-electron chi connectivity index (χ2n) is 5.58. The summed E-state index contributed by atoms with van der Waals surface area (Å²) in [6.45, 7) is 5.23. The maximum atomic E-state index is 11.2. The summed E-state index contributed by atoms with van der Waals surface area (Å²) in [4.78, 5) is 11.2. The van der Waals surface area contributed by atoms with Crippen molar-refractivity contribution in [2.75, 3.05) is 6.54 Å². The summed E-state index contributed by atoms with van der Waals surface area (Å²) in [5.41, 5.74) is 0.432. The molecule has 20 heavy (non-hydrogen) atoms. The normalized spacial score (nSPS) is 23.4. The van der Waals surface area contributed by atoms with E-state index in [1.807, 2.05) is 0 Å². The number of fused-ring (bicyclic) bond motifs is 1. The zero-order chi connectivity index (χ0) is 14.9. The van der Waals surface area contributed by atoms with Crippen molar-refractivity contribution in [2.24, 2.45) is 0 Å². The van der Waals surface area contributed by atoms with Crippen LogP contribution in [0.2, 0.25) is 0 Å². The van der Waals surface area contributed by atoms with Gasteiger partial charge >= 0.3 is 0 Å². The molecule has 2 N–H and O–H groups in total. The summed E-state index contributed by atoms with van der Waals surface area (Å²) < 4.78 is 5.78. The van der Waals surface area contributed by atoms with Crippen molar-refractivity contribution in [3.05, 3.63) is 29.3 Å². The molecular weight excluding hydrogens is 256 g/mol. The Hall–Kier alpha value is -1.90. The first-order valence-corrected chi connectivity index (χ1v) is 6.49. The molecule has 1 heterocycles. The van der Waals surface area contributed by atoms with Crippen LogP contribution in [-0.2, 0) is 4.79 Å². The lowest BCUT2D eigenvalue weighted by atomic mass is 9.86. The number of carbonyl (C=O) groups excluding carboxylic acids is 1. The SMILES string of the molecule is CC(=O)CNC1c2cc(C#N)ccc2OC(C)(C)C1O. The number of ether oxygens (including phenoxy) is 1. The first-order chi connectivity index (χ1) is 9.35. The minimum Gasteiger partial charge on any atom is -0.485 e. The van der Waals surface area contributed by atoms with E-state index in [2.05, 4.69) is 11.4 Å². The van der Waals surface area contributed by atoms with Crippen molar-refractivity contribution in [3.8, 4) is 11.8 Å². The number of Topliss-reactive ketones (excluding diaryl/α,β-unsaturated/α-hetero) is 1. The van der Waals surface area contributed by atoms with E-state index >= 15 is 0 Å². The van der Waals surface area contributed by atoms with Gasteiger partial charge in [0, 0.05) is 5.56 Å². The Morgan fingerprint density at radius 1 is 1.55 bits per heavy atom. The van der Waals surface area contributed by atoms with Crippen molar-refractivity contribution < 1.29 is 14.6 Å². The predicted molar refractivity (Wildman–Crippen MR) is 73.3 cm³/mol. The quantitative estimate of drug-likeness (QED) is 0.868. The van der Waals surface area contributed by atoms with Crippen LogP contribution in [0.25, 0.3) is 0 Å². The molecule has 0 saturated heterocycles. The number of aliphatic hydroxyl groups excluding tert-OH is 1. The van der Waals surface area contributed by atoms with Crippen molar-refractivity contribution in [3.63, 3.8) is 0 Å². The number of hydrogen-bond acceptors (Lipinski definition) is 5. The Morgan fingerprint density at radius 3 is 2.85 bits per heavy atom. The molecule has 0 aliphatic carbocycles. The third-order valence-electron chi connectivity index (χ3n) is 3.45. The fourth-order valence-corrected chi connectivity index (χ4v) is 2.34. The van der Waals surface area contributed by atoms with E-state index < -0.39 is 17.7 Å². The van der Waals surface area contributed by atoms with E-state index in [4.69, 9.17) is 10.00 Å². The monoisotopic (exact) mass is 274 g/mol. The molecule has 1 aromatic rings. The van der Waals surface area contributed by atoms with Crippen LogP contribution in [0.5, 0.6) is 5.75 Å². The van der Waals surface area contributed by atoms with Crippen molar-refractivity contribution >= 4 is 5.78 Å². The molecule has 0 aromatic heterocycles. The molecule has 0 bridgehead atoms. The molecule has 2 rings (SSSR count). The first-order valence-electron chi connectivity index (χ1n) is 6.49. The summed E-state index contributed by atoms with van der Waals surface area (Å²) in [6, 6.07) is 6.71. The molecule has 2 unspecified atom stereocenters. The Bertz CT molecular complexity index is 575. The number of nitriles is 1. The van der Waals surface area contributed by atoms with Gasteiger partial charge in [-0.2, -0.15) is 5.26 Å². The lowest BCUT2D eigenvalue weighted by Crippen LogP contribution is -2.53. The molecule has 2 atom stereocenters. The first kappa shape index (κ1) is 14.5. The zero-order valence-electron chi connectivity index (χ0n) is 11.8. The Morgan fingerprint density at radius 2 is 2.25 bits per heavy atom. The highest BCUT2D eigenvalue weighted by Gasteiger charge is 2.42. The van der Waals surface area contributed by atoms with Crippen LogP contribution in [0.3, 0.4) is 0 Å². The summed E-state index contributed by atoms with van der Waals surface area (Å²) in [7, 11) is 0. The van der Waals surface area contributed by atoms with Gasteiger partial charge in [0.15, 0.2) is 0 Å². The van der Waals surface area contributed by atoms with Crippen molar-refractivity contribution in [2.45, 2.75) is 38.5 Å². The second kappa shape index (κ2) is 5.23.